The van der Waals surface area contributed by atoms with E-state index in [0.717, 1.165) is 17.4 Å². The van der Waals surface area contributed by atoms with Gasteiger partial charge in [0.25, 0.3) is 5.22 Å². The van der Waals surface area contributed by atoms with Gasteiger partial charge in [-0.25, -0.2) is 4.98 Å². The second-order valence-corrected chi connectivity index (χ2v) is 4.23. The Labute approximate surface area is 81.9 Å². The zero-order valence-electron chi connectivity index (χ0n) is 7.60. The molecule has 0 radical (unpaired) electrons. The third-order valence-electron chi connectivity index (χ3n) is 2.12. The van der Waals surface area contributed by atoms with Gasteiger partial charge in [-0.15, -0.1) is 0 Å². The monoisotopic (exact) mass is 199 g/mol. The van der Waals surface area contributed by atoms with Crippen molar-refractivity contribution in [1.29, 1.82) is 0 Å². The van der Waals surface area contributed by atoms with Gasteiger partial charge < -0.3 is 9.15 Å². The molecule has 4 heteroatoms. The molecule has 2 rings (SSSR count). The molecule has 1 aromatic rings. The summed E-state index contributed by atoms with van der Waals surface area (Å²) in [6.07, 6.45) is 6.41. The van der Waals surface area contributed by atoms with Crippen molar-refractivity contribution < 1.29 is 9.15 Å². The SMILES string of the molecule is CC1CCC(CSc2ncco2)O1. The van der Waals surface area contributed by atoms with Crippen LogP contribution in [0.2, 0.25) is 0 Å². The van der Waals surface area contributed by atoms with Crippen molar-refractivity contribution in [3.05, 3.63) is 12.5 Å². The Kier molecular flexibility index (Phi) is 2.90. The molecule has 1 fully saturated rings. The maximum atomic E-state index is 5.67. The van der Waals surface area contributed by atoms with E-state index >= 15 is 0 Å². The van der Waals surface area contributed by atoms with Gasteiger partial charge in [-0.3, -0.25) is 0 Å². The Morgan fingerprint density at radius 3 is 3.15 bits per heavy atom. The number of hydrogen-bond donors (Lipinski definition) is 0. The van der Waals surface area contributed by atoms with Crippen LogP contribution in [0.15, 0.2) is 22.1 Å². The number of rotatable bonds is 3. The second kappa shape index (κ2) is 4.15. The van der Waals surface area contributed by atoms with Crippen LogP contribution in [-0.4, -0.2) is 22.9 Å². The van der Waals surface area contributed by atoms with Crippen molar-refractivity contribution in [2.75, 3.05) is 5.75 Å². The molecule has 0 saturated carbocycles. The first kappa shape index (κ1) is 9.09. The zero-order chi connectivity index (χ0) is 9.10. The molecule has 0 aromatic carbocycles. The van der Waals surface area contributed by atoms with Crippen LogP contribution in [0, 0.1) is 0 Å². The Bertz CT molecular complexity index is 250. The van der Waals surface area contributed by atoms with Crippen molar-refractivity contribution in [2.24, 2.45) is 0 Å². The number of nitrogens with zero attached hydrogens (tertiary/aromatic N) is 1. The summed E-state index contributed by atoms with van der Waals surface area (Å²) in [5, 5.41) is 0.739. The van der Waals surface area contributed by atoms with Gasteiger partial charge in [-0.1, -0.05) is 11.8 Å². The van der Waals surface area contributed by atoms with Gasteiger partial charge in [0.1, 0.15) is 6.26 Å². The number of aromatic nitrogens is 1. The lowest BCUT2D eigenvalue weighted by atomic mass is 10.2. The molecule has 0 spiro atoms. The van der Waals surface area contributed by atoms with Gasteiger partial charge in [0.15, 0.2) is 0 Å². The van der Waals surface area contributed by atoms with Crippen LogP contribution in [0.3, 0.4) is 0 Å². The standard InChI is InChI=1S/C9H13NO2S/c1-7-2-3-8(12-7)6-13-9-10-4-5-11-9/h4-5,7-8H,2-3,6H2,1H3. The van der Waals surface area contributed by atoms with Gasteiger partial charge in [-0.2, -0.15) is 0 Å². The maximum absolute atomic E-state index is 5.67. The summed E-state index contributed by atoms with van der Waals surface area (Å²) >= 11 is 1.62. The molecule has 0 N–H and O–H groups in total. The fourth-order valence-electron chi connectivity index (χ4n) is 1.45. The Balaban J connectivity index is 1.74. The van der Waals surface area contributed by atoms with E-state index in [-0.39, 0.29) is 0 Å². The highest BCUT2D eigenvalue weighted by atomic mass is 32.2. The summed E-state index contributed by atoms with van der Waals surface area (Å²) in [5.41, 5.74) is 0. The molecule has 1 aromatic heterocycles. The second-order valence-electron chi connectivity index (χ2n) is 3.26. The molecule has 2 heterocycles. The fraction of sp³-hybridized carbons (Fsp3) is 0.667. The van der Waals surface area contributed by atoms with Gasteiger partial charge in [0.2, 0.25) is 0 Å². The van der Waals surface area contributed by atoms with Gasteiger partial charge in [-0.05, 0) is 19.8 Å². The lowest BCUT2D eigenvalue weighted by Crippen LogP contribution is -2.10. The largest absolute Gasteiger partial charge is 0.440 e. The Hall–Kier alpha value is -0.480. The fourth-order valence-corrected chi connectivity index (χ4v) is 2.29. The first-order valence-electron chi connectivity index (χ1n) is 4.52. The normalized spacial score (nSPS) is 28.1. The first-order chi connectivity index (χ1) is 6.34. The molecule has 1 aliphatic rings. The van der Waals surface area contributed by atoms with Crippen molar-refractivity contribution >= 4 is 11.8 Å². The number of hydrogen-bond acceptors (Lipinski definition) is 4. The van der Waals surface area contributed by atoms with E-state index in [1.165, 1.54) is 6.42 Å². The van der Waals surface area contributed by atoms with Gasteiger partial charge >= 0.3 is 0 Å². The number of oxazole rings is 1. The minimum Gasteiger partial charge on any atom is -0.440 e. The van der Waals surface area contributed by atoms with E-state index < -0.39 is 0 Å². The zero-order valence-corrected chi connectivity index (χ0v) is 8.42. The van der Waals surface area contributed by atoms with Gasteiger partial charge in [0.05, 0.1) is 18.4 Å². The summed E-state index contributed by atoms with van der Waals surface area (Å²) in [6, 6.07) is 0. The molecule has 3 nitrogen and oxygen atoms in total. The van der Waals surface area contributed by atoms with E-state index in [2.05, 4.69) is 11.9 Å². The molecule has 72 valence electrons. The third kappa shape index (κ3) is 2.48. The van der Waals surface area contributed by atoms with Crippen molar-refractivity contribution in [3.63, 3.8) is 0 Å². The average Bonchev–Trinajstić information content (AvgIpc) is 2.71. The van der Waals surface area contributed by atoms with Crippen molar-refractivity contribution in [3.8, 4) is 0 Å². The van der Waals surface area contributed by atoms with Crippen LogP contribution in [0.25, 0.3) is 0 Å². The highest BCUT2D eigenvalue weighted by molar-refractivity contribution is 7.99. The topological polar surface area (TPSA) is 35.3 Å². The first-order valence-corrected chi connectivity index (χ1v) is 5.51. The molecule has 1 saturated heterocycles. The molecular weight excluding hydrogens is 186 g/mol. The molecule has 1 aliphatic heterocycles. The summed E-state index contributed by atoms with van der Waals surface area (Å²) in [5.74, 6) is 0.949. The van der Waals surface area contributed by atoms with Crippen molar-refractivity contribution in [1.82, 2.24) is 4.98 Å². The summed E-state index contributed by atoms with van der Waals surface area (Å²) in [4.78, 5) is 4.04. The van der Waals surface area contributed by atoms with Crippen LogP contribution in [-0.2, 0) is 4.74 Å². The van der Waals surface area contributed by atoms with E-state index in [4.69, 9.17) is 9.15 Å². The van der Waals surface area contributed by atoms with Crippen LogP contribution in [0.4, 0.5) is 0 Å². The molecule has 0 bridgehead atoms. The minimum atomic E-state index is 0.381. The van der Waals surface area contributed by atoms with Crippen molar-refractivity contribution in [2.45, 2.75) is 37.2 Å². The van der Waals surface area contributed by atoms with Crippen LogP contribution < -0.4 is 0 Å². The van der Waals surface area contributed by atoms with Crippen LogP contribution in [0.5, 0.6) is 0 Å². The van der Waals surface area contributed by atoms with E-state index in [1.807, 2.05) is 0 Å². The lowest BCUT2D eigenvalue weighted by molar-refractivity contribution is 0.0699. The number of thioether (sulfide) groups is 1. The minimum absolute atomic E-state index is 0.381. The highest BCUT2D eigenvalue weighted by Crippen LogP contribution is 2.25. The lowest BCUT2D eigenvalue weighted by Gasteiger charge is -2.08. The number of ether oxygens (including phenoxy) is 1. The molecule has 13 heavy (non-hydrogen) atoms. The third-order valence-corrected chi connectivity index (χ3v) is 3.11. The Morgan fingerprint density at radius 2 is 2.54 bits per heavy atom. The predicted octanol–water partition coefficient (Wildman–Crippen LogP) is 2.33. The maximum Gasteiger partial charge on any atom is 0.255 e. The van der Waals surface area contributed by atoms with E-state index in [1.54, 1.807) is 24.2 Å². The summed E-state index contributed by atoms with van der Waals surface area (Å²) < 4.78 is 10.8. The average molecular weight is 199 g/mol. The molecule has 2 atom stereocenters. The van der Waals surface area contributed by atoms with Crippen LogP contribution in [0.1, 0.15) is 19.8 Å². The molecule has 0 amide bonds. The Morgan fingerprint density at radius 1 is 1.62 bits per heavy atom. The molecule has 2 unspecified atom stereocenters. The quantitative estimate of drug-likeness (QED) is 0.700. The van der Waals surface area contributed by atoms with Gasteiger partial charge in [0, 0.05) is 5.75 Å². The predicted molar refractivity (Wildman–Crippen MR) is 50.8 cm³/mol. The van der Waals surface area contributed by atoms with E-state index in [0.29, 0.717) is 12.2 Å². The summed E-state index contributed by atoms with van der Waals surface area (Å²) in [6.45, 7) is 2.12. The van der Waals surface area contributed by atoms with Crippen LogP contribution >= 0.6 is 11.8 Å². The van der Waals surface area contributed by atoms with E-state index in [9.17, 15) is 0 Å². The molecular formula is C9H13NO2S. The smallest absolute Gasteiger partial charge is 0.255 e. The summed E-state index contributed by atoms with van der Waals surface area (Å²) in [7, 11) is 0. The highest BCUT2D eigenvalue weighted by Gasteiger charge is 2.22. The molecule has 0 aliphatic carbocycles.